The molecule has 0 spiro atoms. The maximum absolute atomic E-state index is 9.23. The Morgan fingerprint density at radius 3 is 3.18 bits per heavy atom. The molecule has 11 heavy (non-hydrogen) atoms. The molecule has 4 heteroatoms. The van der Waals surface area contributed by atoms with Gasteiger partial charge in [-0.2, -0.15) is 0 Å². The van der Waals surface area contributed by atoms with Gasteiger partial charge in [-0.05, 0) is 6.42 Å². The summed E-state index contributed by atoms with van der Waals surface area (Å²) in [6, 6.07) is 0. The molecule has 0 amide bonds. The van der Waals surface area contributed by atoms with Crippen LogP contribution in [0, 0.1) is 0 Å². The number of anilines is 1. The molecule has 3 nitrogen and oxygen atoms in total. The molecule has 1 aromatic rings. The third kappa shape index (κ3) is 1.36. The highest BCUT2D eigenvalue weighted by atomic mass is 32.1. The Bertz CT molecular complexity index is 224. The SMILES string of the molecule is O[C@@H]1CCN(c2nccs2)C1. The zero-order valence-electron chi connectivity index (χ0n) is 6.10. The second-order valence-corrected chi connectivity index (χ2v) is 3.58. The number of aliphatic hydroxyl groups is 1. The van der Waals surface area contributed by atoms with Crippen LogP contribution in [0.3, 0.4) is 0 Å². The topological polar surface area (TPSA) is 36.4 Å². The average molecular weight is 170 g/mol. The van der Waals surface area contributed by atoms with Crippen molar-refractivity contribution in [2.45, 2.75) is 12.5 Å². The van der Waals surface area contributed by atoms with Gasteiger partial charge in [0.05, 0.1) is 6.10 Å². The van der Waals surface area contributed by atoms with Crippen LogP contribution >= 0.6 is 11.3 Å². The molecular formula is C7H10N2OS. The molecule has 1 N–H and O–H groups in total. The predicted octanol–water partition coefficient (Wildman–Crippen LogP) is 0.714. The quantitative estimate of drug-likeness (QED) is 0.674. The molecule has 0 aromatic carbocycles. The highest BCUT2D eigenvalue weighted by molar-refractivity contribution is 7.13. The van der Waals surface area contributed by atoms with Gasteiger partial charge in [0.15, 0.2) is 5.13 Å². The Morgan fingerprint density at radius 1 is 1.73 bits per heavy atom. The molecule has 0 bridgehead atoms. The van der Waals surface area contributed by atoms with E-state index in [0.29, 0.717) is 0 Å². The van der Waals surface area contributed by atoms with E-state index in [9.17, 15) is 5.11 Å². The fourth-order valence-electron chi connectivity index (χ4n) is 1.29. The fourth-order valence-corrected chi connectivity index (χ4v) is 1.97. The second-order valence-electron chi connectivity index (χ2n) is 2.70. The van der Waals surface area contributed by atoms with Crippen molar-refractivity contribution in [3.63, 3.8) is 0 Å². The Labute approximate surface area is 69.3 Å². The third-order valence-corrected chi connectivity index (χ3v) is 2.69. The van der Waals surface area contributed by atoms with Crippen molar-refractivity contribution in [1.82, 2.24) is 4.98 Å². The van der Waals surface area contributed by atoms with Gasteiger partial charge in [0, 0.05) is 24.7 Å². The van der Waals surface area contributed by atoms with E-state index < -0.39 is 0 Å². The number of rotatable bonds is 1. The average Bonchev–Trinajstić information content (AvgIpc) is 2.55. The lowest BCUT2D eigenvalue weighted by Crippen LogP contribution is -2.20. The van der Waals surface area contributed by atoms with Gasteiger partial charge in [-0.15, -0.1) is 11.3 Å². The zero-order valence-corrected chi connectivity index (χ0v) is 6.92. The van der Waals surface area contributed by atoms with Gasteiger partial charge in [0.1, 0.15) is 0 Å². The summed E-state index contributed by atoms with van der Waals surface area (Å²) in [5.41, 5.74) is 0. The number of thiazole rings is 1. The van der Waals surface area contributed by atoms with Crippen LogP contribution in [0.25, 0.3) is 0 Å². The summed E-state index contributed by atoms with van der Waals surface area (Å²) in [6.07, 6.45) is 2.52. The van der Waals surface area contributed by atoms with Crippen LogP contribution in [0.5, 0.6) is 0 Å². The van der Waals surface area contributed by atoms with Crippen molar-refractivity contribution < 1.29 is 5.11 Å². The fraction of sp³-hybridized carbons (Fsp3) is 0.571. The van der Waals surface area contributed by atoms with Crippen molar-refractivity contribution in [3.05, 3.63) is 11.6 Å². The van der Waals surface area contributed by atoms with Gasteiger partial charge in [-0.1, -0.05) is 0 Å². The maximum Gasteiger partial charge on any atom is 0.185 e. The van der Waals surface area contributed by atoms with Crippen molar-refractivity contribution in [3.8, 4) is 0 Å². The van der Waals surface area contributed by atoms with Gasteiger partial charge >= 0.3 is 0 Å². The summed E-state index contributed by atoms with van der Waals surface area (Å²) in [5.74, 6) is 0. The molecular weight excluding hydrogens is 160 g/mol. The Kier molecular flexibility index (Phi) is 1.79. The lowest BCUT2D eigenvalue weighted by Gasteiger charge is -2.12. The Hall–Kier alpha value is -0.610. The van der Waals surface area contributed by atoms with E-state index in [-0.39, 0.29) is 6.10 Å². The summed E-state index contributed by atoms with van der Waals surface area (Å²) < 4.78 is 0. The number of β-amino-alcohol motifs (C(OH)–C–C–N with tert-alkyl or cyclic N) is 1. The normalized spacial score (nSPS) is 24.5. The van der Waals surface area contributed by atoms with Crippen LogP contribution in [0.4, 0.5) is 5.13 Å². The Morgan fingerprint density at radius 2 is 2.64 bits per heavy atom. The predicted molar refractivity (Wildman–Crippen MR) is 45.0 cm³/mol. The molecule has 0 aliphatic carbocycles. The van der Waals surface area contributed by atoms with Crippen LogP contribution in [-0.2, 0) is 0 Å². The van der Waals surface area contributed by atoms with Gasteiger partial charge in [0.2, 0.25) is 0 Å². The van der Waals surface area contributed by atoms with Crippen LogP contribution in [0.2, 0.25) is 0 Å². The number of nitrogens with zero attached hydrogens (tertiary/aromatic N) is 2. The minimum Gasteiger partial charge on any atom is -0.391 e. The summed E-state index contributed by atoms with van der Waals surface area (Å²) >= 11 is 1.63. The molecule has 0 unspecified atom stereocenters. The summed E-state index contributed by atoms with van der Waals surface area (Å²) in [5, 5.41) is 12.2. The van der Waals surface area contributed by atoms with Crippen molar-refractivity contribution in [2.24, 2.45) is 0 Å². The van der Waals surface area contributed by atoms with Crippen LogP contribution in [-0.4, -0.2) is 29.3 Å². The van der Waals surface area contributed by atoms with E-state index >= 15 is 0 Å². The smallest absolute Gasteiger partial charge is 0.185 e. The minimum absolute atomic E-state index is 0.154. The van der Waals surface area contributed by atoms with E-state index in [1.165, 1.54) is 0 Å². The first-order chi connectivity index (χ1) is 5.36. The van der Waals surface area contributed by atoms with Crippen molar-refractivity contribution in [2.75, 3.05) is 18.0 Å². The first kappa shape index (κ1) is 7.06. The molecule has 1 aliphatic rings. The van der Waals surface area contributed by atoms with E-state index in [0.717, 1.165) is 24.6 Å². The first-order valence-corrected chi connectivity index (χ1v) is 4.57. The lowest BCUT2D eigenvalue weighted by molar-refractivity contribution is 0.198. The molecule has 1 saturated heterocycles. The highest BCUT2D eigenvalue weighted by Crippen LogP contribution is 2.21. The van der Waals surface area contributed by atoms with Crippen LogP contribution in [0.1, 0.15) is 6.42 Å². The first-order valence-electron chi connectivity index (χ1n) is 3.69. The van der Waals surface area contributed by atoms with Gasteiger partial charge in [-0.3, -0.25) is 0 Å². The van der Waals surface area contributed by atoms with Gasteiger partial charge in [-0.25, -0.2) is 4.98 Å². The molecule has 2 heterocycles. The van der Waals surface area contributed by atoms with E-state index in [1.807, 2.05) is 5.38 Å². The van der Waals surface area contributed by atoms with Crippen LogP contribution < -0.4 is 4.90 Å². The monoisotopic (exact) mass is 170 g/mol. The lowest BCUT2D eigenvalue weighted by atomic mass is 10.3. The molecule has 0 saturated carbocycles. The van der Waals surface area contributed by atoms with Crippen molar-refractivity contribution in [1.29, 1.82) is 0 Å². The number of aromatic nitrogens is 1. The van der Waals surface area contributed by atoms with E-state index in [4.69, 9.17) is 0 Å². The van der Waals surface area contributed by atoms with Crippen LogP contribution in [0.15, 0.2) is 11.6 Å². The molecule has 2 rings (SSSR count). The molecule has 1 fully saturated rings. The summed E-state index contributed by atoms with van der Waals surface area (Å²) in [7, 11) is 0. The third-order valence-electron chi connectivity index (χ3n) is 1.85. The minimum atomic E-state index is -0.154. The number of aliphatic hydroxyl groups excluding tert-OH is 1. The Balaban J connectivity index is 2.08. The molecule has 1 aliphatic heterocycles. The number of hydrogen-bond acceptors (Lipinski definition) is 4. The van der Waals surface area contributed by atoms with E-state index in [1.54, 1.807) is 17.5 Å². The molecule has 1 aromatic heterocycles. The molecule has 0 radical (unpaired) electrons. The summed E-state index contributed by atoms with van der Waals surface area (Å²) in [4.78, 5) is 6.29. The maximum atomic E-state index is 9.23. The van der Waals surface area contributed by atoms with Gasteiger partial charge in [0.25, 0.3) is 0 Å². The van der Waals surface area contributed by atoms with Crippen molar-refractivity contribution >= 4 is 16.5 Å². The largest absolute Gasteiger partial charge is 0.391 e. The zero-order chi connectivity index (χ0) is 7.68. The molecule has 1 atom stereocenters. The summed E-state index contributed by atoms with van der Waals surface area (Å²) in [6.45, 7) is 1.68. The second kappa shape index (κ2) is 2.79. The molecule has 60 valence electrons. The number of hydrogen-bond donors (Lipinski definition) is 1. The van der Waals surface area contributed by atoms with E-state index in [2.05, 4.69) is 9.88 Å². The highest BCUT2D eigenvalue weighted by Gasteiger charge is 2.21. The standard InChI is InChI=1S/C7H10N2OS/c10-6-1-3-9(5-6)7-8-2-4-11-7/h2,4,6,10H,1,3,5H2/t6-/m1/s1. The van der Waals surface area contributed by atoms with Gasteiger partial charge < -0.3 is 10.0 Å².